The Morgan fingerprint density at radius 3 is 2.92 bits per heavy atom. The van der Waals surface area contributed by atoms with Crippen LogP contribution in [0.3, 0.4) is 0 Å². The van der Waals surface area contributed by atoms with Gasteiger partial charge in [0.05, 0.1) is 11.8 Å². The van der Waals surface area contributed by atoms with Gasteiger partial charge >= 0.3 is 0 Å². The summed E-state index contributed by atoms with van der Waals surface area (Å²) < 4.78 is 0. The third-order valence-electron chi connectivity index (χ3n) is 1.44. The van der Waals surface area contributed by atoms with Crippen molar-refractivity contribution in [3.8, 4) is 6.07 Å². The Labute approximate surface area is 69.9 Å². The second-order valence-corrected chi connectivity index (χ2v) is 2.31. The molecular formula is C8H7N3O. The van der Waals surface area contributed by atoms with Gasteiger partial charge in [-0.05, 0) is 13.0 Å². The lowest BCUT2D eigenvalue weighted by molar-refractivity contribution is -0.117. The second kappa shape index (κ2) is 3.58. The lowest BCUT2D eigenvalue weighted by atomic mass is 10.0. The highest BCUT2D eigenvalue weighted by Crippen LogP contribution is 2.11. The number of hydrogen-bond donors (Lipinski definition) is 0. The van der Waals surface area contributed by atoms with Crippen LogP contribution in [0.1, 0.15) is 18.5 Å². The van der Waals surface area contributed by atoms with Gasteiger partial charge in [-0.25, -0.2) is 9.97 Å². The van der Waals surface area contributed by atoms with Crippen LogP contribution in [-0.4, -0.2) is 15.8 Å². The van der Waals surface area contributed by atoms with Crippen LogP contribution in [0.25, 0.3) is 0 Å². The average Bonchev–Trinajstić information content (AvgIpc) is 2.07. The summed E-state index contributed by atoms with van der Waals surface area (Å²) in [5, 5.41) is 8.62. The quantitative estimate of drug-likeness (QED) is 0.639. The third-order valence-corrected chi connectivity index (χ3v) is 1.44. The van der Waals surface area contributed by atoms with Gasteiger partial charge in [0.25, 0.3) is 0 Å². The Morgan fingerprint density at radius 1 is 1.75 bits per heavy atom. The molecule has 4 nitrogen and oxygen atoms in total. The van der Waals surface area contributed by atoms with Crippen molar-refractivity contribution in [3.63, 3.8) is 0 Å². The number of carbonyl (C=O) groups is 1. The summed E-state index contributed by atoms with van der Waals surface area (Å²) in [5.74, 6) is -0.954. The first kappa shape index (κ1) is 8.34. The molecule has 0 saturated heterocycles. The summed E-state index contributed by atoms with van der Waals surface area (Å²) in [6.07, 6.45) is 2.83. The first-order valence-electron chi connectivity index (χ1n) is 3.41. The van der Waals surface area contributed by atoms with Crippen LogP contribution in [0.2, 0.25) is 0 Å². The number of nitrogens with zero attached hydrogens (tertiary/aromatic N) is 3. The van der Waals surface area contributed by atoms with Crippen LogP contribution in [0.4, 0.5) is 0 Å². The zero-order chi connectivity index (χ0) is 8.97. The molecular weight excluding hydrogens is 154 g/mol. The zero-order valence-corrected chi connectivity index (χ0v) is 6.56. The standard InChI is InChI=1S/C8H7N3O/c1-6(12)7(4-9)8-2-3-10-5-11-8/h2-3,5,7H,1H3. The predicted octanol–water partition coefficient (Wildman–Crippen LogP) is 0.673. The molecule has 0 fully saturated rings. The molecule has 1 aromatic heterocycles. The van der Waals surface area contributed by atoms with E-state index in [1.54, 1.807) is 6.07 Å². The van der Waals surface area contributed by atoms with E-state index in [-0.39, 0.29) is 5.78 Å². The van der Waals surface area contributed by atoms with Gasteiger partial charge in [-0.15, -0.1) is 0 Å². The molecule has 1 unspecified atom stereocenters. The van der Waals surface area contributed by atoms with E-state index < -0.39 is 5.92 Å². The highest BCUT2D eigenvalue weighted by Gasteiger charge is 2.16. The maximum atomic E-state index is 10.9. The average molecular weight is 161 g/mol. The molecule has 12 heavy (non-hydrogen) atoms. The molecule has 0 aromatic carbocycles. The summed E-state index contributed by atoms with van der Waals surface area (Å²) in [4.78, 5) is 18.4. The molecule has 60 valence electrons. The maximum Gasteiger partial charge on any atom is 0.153 e. The molecule has 0 bridgehead atoms. The van der Waals surface area contributed by atoms with E-state index in [2.05, 4.69) is 9.97 Å². The highest BCUT2D eigenvalue weighted by atomic mass is 16.1. The van der Waals surface area contributed by atoms with Crippen LogP contribution in [0.15, 0.2) is 18.6 Å². The fourth-order valence-corrected chi connectivity index (χ4v) is 0.837. The number of ketones is 1. The SMILES string of the molecule is CC(=O)C(C#N)c1ccncn1. The van der Waals surface area contributed by atoms with E-state index in [1.807, 2.05) is 6.07 Å². The summed E-state index contributed by atoms with van der Waals surface area (Å²) in [6, 6.07) is 3.44. The predicted molar refractivity (Wildman–Crippen MR) is 41.1 cm³/mol. The molecule has 0 radical (unpaired) electrons. The molecule has 0 N–H and O–H groups in total. The van der Waals surface area contributed by atoms with E-state index in [4.69, 9.17) is 5.26 Å². The minimum Gasteiger partial charge on any atom is -0.298 e. The Morgan fingerprint density at radius 2 is 2.50 bits per heavy atom. The topological polar surface area (TPSA) is 66.6 Å². The molecule has 0 amide bonds. The minimum absolute atomic E-state index is 0.198. The molecule has 1 rings (SSSR count). The summed E-state index contributed by atoms with van der Waals surface area (Å²) in [7, 11) is 0. The van der Waals surface area contributed by atoms with Crippen LogP contribution in [0, 0.1) is 11.3 Å². The Kier molecular flexibility index (Phi) is 2.49. The molecule has 1 atom stereocenters. The molecule has 0 aliphatic rings. The lowest BCUT2D eigenvalue weighted by Gasteiger charge is -2.01. The van der Waals surface area contributed by atoms with Crippen molar-refractivity contribution in [3.05, 3.63) is 24.3 Å². The molecule has 0 aliphatic heterocycles. The van der Waals surface area contributed by atoms with E-state index >= 15 is 0 Å². The van der Waals surface area contributed by atoms with Crippen LogP contribution in [0.5, 0.6) is 0 Å². The zero-order valence-electron chi connectivity index (χ0n) is 6.56. The summed E-state index contributed by atoms with van der Waals surface area (Å²) in [6.45, 7) is 1.37. The van der Waals surface area contributed by atoms with Crippen LogP contribution >= 0.6 is 0 Å². The molecule has 0 spiro atoms. The van der Waals surface area contributed by atoms with Crippen molar-refractivity contribution in [1.82, 2.24) is 9.97 Å². The highest BCUT2D eigenvalue weighted by molar-refractivity contribution is 5.85. The number of rotatable bonds is 2. The maximum absolute atomic E-state index is 10.9. The molecule has 4 heteroatoms. The van der Waals surface area contributed by atoms with Gasteiger partial charge in [0.15, 0.2) is 5.78 Å². The second-order valence-electron chi connectivity index (χ2n) is 2.31. The Balaban J connectivity index is 2.98. The van der Waals surface area contributed by atoms with Gasteiger partial charge in [0.2, 0.25) is 0 Å². The Hall–Kier alpha value is -1.76. The van der Waals surface area contributed by atoms with Gasteiger partial charge in [0, 0.05) is 6.20 Å². The monoisotopic (exact) mass is 161 g/mol. The minimum atomic E-state index is -0.756. The van der Waals surface area contributed by atoms with Crippen molar-refractivity contribution in [2.75, 3.05) is 0 Å². The lowest BCUT2D eigenvalue weighted by Crippen LogP contribution is -2.07. The molecule has 0 aliphatic carbocycles. The normalized spacial score (nSPS) is 11.7. The van der Waals surface area contributed by atoms with Crippen LogP contribution in [-0.2, 0) is 4.79 Å². The van der Waals surface area contributed by atoms with E-state index in [1.165, 1.54) is 19.4 Å². The molecule has 1 heterocycles. The Bertz CT molecular complexity index is 315. The third kappa shape index (κ3) is 1.64. The number of Topliss-reactive ketones (excluding diaryl/α,β-unsaturated/α-hetero) is 1. The fourth-order valence-electron chi connectivity index (χ4n) is 0.837. The number of aromatic nitrogens is 2. The van der Waals surface area contributed by atoms with Crippen molar-refractivity contribution in [1.29, 1.82) is 5.26 Å². The molecule has 1 aromatic rings. The van der Waals surface area contributed by atoms with Gasteiger partial charge in [-0.1, -0.05) is 0 Å². The van der Waals surface area contributed by atoms with E-state index in [0.29, 0.717) is 5.69 Å². The van der Waals surface area contributed by atoms with Crippen LogP contribution < -0.4 is 0 Å². The summed E-state index contributed by atoms with van der Waals surface area (Å²) in [5.41, 5.74) is 0.458. The van der Waals surface area contributed by atoms with Crippen molar-refractivity contribution in [2.24, 2.45) is 0 Å². The van der Waals surface area contributed by atoms with Crippen molar-refractivity contribution >= 4 is 5.78 Å². The van der Waals surface area contributed by atoms with Gasteiger partial charge in [0.1, 0.15) is 12.2 Å². The number of nitriles is 1. The van der Waals surface area contributed by atoms with E-state index in [9.17, 15) is 4.79 Å². The largest absolute Gasteiger partial charge is 0.298 e. The van der Waals surface area contributed by atoms with Crippen molar-refractivity contribution < 1.29 is 4.79 Å². The molecule has 0 saturated carbocycles. The number of carbonyl (C=O) groups excluding carboxylic acids is 1. The van der Waals surface area contributed by atoms with Crippen molar-refractivity contribution in [2.45, 2.75) is 12.8 Å². The van der Waals surface area contributed by atoms with Gasteiger partial charge in [-0.2, -0.15) is 5.26 Å². The smallest absolute Gasteiger partial charge is 0.153 e. The van der Waals surface area contributed by atoms with Gasteiger partial charge < -0.3 is 0 Å². The summed E-state index contributed by atoms with van der Waals surface area (Å²) >= 11 is 0. The fraction of sp³-hybridized carbons (Fsp3) is 0.250. The van der Waals surface area contributed by atoms with Gasteiger partial charge in [-0.3, -0.25) is 4.79 Å². The first-order valence-corrected chi connectivity index (χ1v) is 3.41. The van der Waals surface area contributed by atoms with E-state index in [0.717, 1.165) is 0 Å². The first-order chi connectivity index (χ1) is 5.75. The number of hydrogen-bond acceptors (Lipinski definition) is 4.